The lowest BCUT2D eigenvalue weighted by Crippen LogP contribution is -2.40. The predicted octanol–water partition coefficient (Wildman–Crippen LogP) is 0.397. The van der Waals surface area contributed by atoms with Gasteiger partial charge in [-0.3, -0.25) is 0 Å². The number of methoxy groups -OCH3 is 1. The van der Waals surface area contributed by atoms with Crippen LogP contribution < -0.4 is 10.5 Å². The first-order chi connectivity index (χ1) is 7.41. The third-order valence-corrected chi connectivity index (χ3v) is 4.49. The Kier molecular flexibility index (Phi) is 7.82. The first kappa shape index (κ1) is 15.8. The number of ether oxygens (including phenoxy) is 1. The molecule has 5 nitrogen and oxygen atoms in total. The average molecular weight is 268 g/mol. The van der Waals surface area contributed by atoms with Gasteiger partial charge in [-0.15, -0.1) is 0 Å². The molecule has 16 heavy (non-hydrogen) atoms. The zero-order chi connectivity index (χ0) is 12.6. The molecular weight excluding hydrogens is 248 g/mol. The molecule has 0 aromatic carbocycles. The molecule has 0 aliphatic rings. The second-order valence-corrected chi connectivity index (χ2v) is 6.09. The zero-order valence-electron chi connectivity index (χ0n) is 9.73. The summed E-state index contributed by atoms with van der Waals surface area (Å²) in [6, 6.07) is 0. The largest absolute Gasteiger partial charge is 0.392 e. The number of unbranched alkanes of at least 4 members (excludes halogenated alkanes) is 2. The molecule has 0 bridgehead atoms. The maximum atomic E-state index is 11.6. The second-order valence-electron chi connectivity index (χ2n) is 3.54. The van der Waals surface area contributed by atoms with Crippen LogP contribution in [0, 0.1) is 0 Å². The summed E-state index contributed by atoms with van der Waals surface area (Å²) in [5.74, 6) is 0. The van der Waals surface area contributed by atoms with Crippen LogP contribution in [0.3, 0.4) is 0 Å². The van der Waals surface area contributed by atoms with E-state index in [1.807, 2.05) is 0 Å². The van der Waals surface area contributed by atoms with Gasteiger partial charge in [-0.2, -0.15) is 0 Å². The predicted molar refractivity (Wildman–Crippen MR) is 68.9 cm³/mol. The smallest absolute Gasteiger partial charge is 0.220 e. The Morgan fingerprint density at radius 2 is 2.06 bits per heavy atom. The fourth-order valence-corrected chi connectivity index (χ4v) is 2.41. The summed E-state index contributed by atoms with van der Waals surface area (Å²) in [6.45, 7) is 2.60. The van der Waals surface area contributed by atoms with Gasteiger partial charge in [0.2, 0.25) is 10.0 Å². The van der Waals surface area contributed by atoms with Crippen LogP contribution in [-0.2, 0) is 14.8 Å². The second kappa shape index (κ2) is 7.94. The van der Waals surface area contributed by atoms with E-state index < -0.39 is 15.3 Å². The van der Waals surface area contributed by atoms with Gasteiger partial charge in [0, 0.05) is 20.3 Å². The molecule has 0 amide bonds. The van der Waals surface area contributed by atoms with Crippen molar-refractivity contribution < 1.29 is 13.2 Å². The highest BCUT2D eigenvalue weighted by Crippen LogP contribution is 2.00. The number of hydrogen-bond acceptors (Lipinski definition) is 4. The highest BCUT2D eigenvalue weighted by atomic mass is 32.2. The van der Waals surface area contributed by atoms with Crippen LogP contribution >= 0.6 is 12.2 Å². The van der Waals surface area contributed by atoms with Crippen LogP contribution in [0.1, 0.15) is 26.2 Å². The standard InChI is InChI=1S/C9H20N2O3S2/c1-8(9(10)15)16(12,13)11-6-4-3-5-7-14-2/h8,11H,3-7H2,1-2H3,(H2,10,15). The molecule has 0 aliphatic carbocycles. The molecule has 3 N–H and O–H groups in total. The topological polar surface area (TPSA) is 81.4 Å². The van der Waals surface area contributed by atoms with Crippen molar-refractivity contribution in [1.82, 2.24) is 4.72 Å². The third-order valence-electron chi connectivity index (χ3n) is 2.19. The van der Waals surface area contributed by atoms with Crippen molar-refractivity contribution in [2.75, 3.05) is 20.3 Å². The summed E-state index contributed by atoms with van der Waals surface area (Å²) in [5, 5.41) is -0.818. The fourth-order valence-electron chi connectivity index (χ4n) is 1.04. The van der Waals surface area contributed by atoms with Crippen LogP contribution in [0.2, 0.25) is 0 Å². The van der Waals surface area contributed by atoms with Crippen LogP contribution in [0.25, 0.3) is 0 Å². The Hall–Kier alpha value is -0.240. The summed E-state index contributed by atoms with van der Waals surface area (Å²) in [6.07, 6.45) is 2.65. The van der Waals surface area contributed by atoms with Gasteiger partial charge in [-0.1, -0.05) is 12.2 Å². The van der Waals surface area contributed by atoms with Gasteiger partial charge in [0.25, 0.3) is 0 Å². The van der Waals surface area contributed by atoms with Gasteiger partial charge in [0.15, 0.2) is 0 Å². The quantitative estimate of drug-likeness (QED) is 0.467. The highest BCUT2D eigenvalue weighted by molar-refractivity contribution is 7.93. The van der Waals surface area contributed by atoms with Crippen LogP contribution in [0.4, 0.5) is 0 Å². The molecule has 0 radical (unpaired) electrons. The van der Waals surface area contributed by atoms with E-state index in [2.05, 4.69) is 16.9 Å². The van der Waals surface area contributed by atoms with Crippen molar-refractivity contribution in [3.8, 4) is 0 Å². The Morgan fingerprint density at radius 3 is 2.56 bits per heavy atom. The minimum atomic E-state index is -3.40. The summed E-state index contributed by atoms with van der Waals surface area (Å²) >= 11 is 4.64. The number of thiocarbonyl (C=S) groups is 1. The Labute approximate surface area is 103 Å². The maximum absolute atomic E-state index is 11.6. The van der Waals surface area contributed by atoms with E-state index in [-0.39, 0.29) is 4.99 Å². The van der Waals surface area contributed by atoms with Crippen molar-refractivity contribution in [2.24, 2.45) is 5.73 Å². The molecule has 0 aromatic rings. The van der Waals surface area contributed by atoms with Crippen LogP contribution in [-0.4, -0.2) is 38.9 Å². The van der Waals surface area contributed by atoms with Crippen LogP contribution in [0.5, 0.6) is 0 Å². The molecule has 1 atom stereocenters. The number of rotatable bonds is 9. The monoisotopic (exact) mass is 268 g/mol. The van der Waals surface area contributed by atoms with Gasteiger partial charge in [0.05, 0.1) is 4.99 Å². The van der Waals surface area contributed by atoms with Gasteiger partial charge in [-0.05, 0) is 26.2 Å². The fraction of sp³-hybridized carbons (Fsp3) is 0.889. The summed E-state index contributed by atoms with van der Waals surface area (Å²) in [4.78, 5) is -0.00752. The molecule has 0 saturated heterocycles. The molecule has 0 spiro atoms. The summed E-state index contributed by atoms with van der Waals surface area (Å²) in [5.41, 5.74) is 5.29. The Balaban J connectivity index is 3.79. The van der Waals surface area contributed by atoms with Crippen molar-refractivity contribution >= 4 is 27.2 Å². The van der Waals surface area contributed by atoms with E-state index in [0.29, 0.717) is 13.2 Å². The molecular formula is C9H20N2O3S2. The maximum Gasteiger partial charge on any atom is 0.220 e. The minimum absolute atomic E-state index is 0.00752. The van der Waals surface area contributed by atoms with Crippen molar-refractivity contribution in [3.05, 3.63) is 0 Å². The molecule has 0 heterocycles. The summed E-state index contributed by atoms with van der Waals surface area (Å²) < 4.78 is 30.5. The number of nitrogens with two attached hydrogens (primary N) is 1. The van der Waals surface area contributed by atoms with E-state index in [9.17, 15) is 8.42 Å². The van der Waals surface area contributed by atoms with E-state index in [4.69, 9.17) is 10.5 Å². The number of hydrogen-bond donors (Lipinski definition) is 2. The van der Waals surface area contributed by atoms with Crippen LogP contribution in [0.15, 0.2) is 0 Å². The van der Waals surface area contributed by atoms with E-state index in [0.717, 1.165) is 19.3 Å². The molecule has 0 aromatic heterocycles. The lowest BCUT2D eigenvalue weighted by atomic mass is 10.2. The first-order valence-electron chi connectivity index (χ1n) is 5.18. The average Bonchev–Trinajstić information content (AvgIpc) is 2.22. The van der Waals surface area contributed by atoms with Crippen molar-refractivity contribution in [2.45, 2.75) is 31.4 Å². The van der Waals surface area contributed by atoms with E-state index in [1.54, 1.807) is 7.11 Å². The van der Waals surface area contributed by atoms with Gasteiger partial charge in [0.1, 0.15) is 5.25 Å². The molecule has 0 saturated carbocycles. The Bertz CT molecular complexity index is 304. The van der Waals surface area contributed by atoms with Gasteiger partial charge in [-0.25, -0.2) is 13.1 Å². The lowest BCUT2D eigenvalue weighted by molar-refractivity contribution is 0.192. The molecule has 0 rings (SSSR count). The first-order valence-corrected chi connectivity index (χ1v) is 7.14. The lowest BCUT2D eigenvalue weighted by Gasteiger charge is -2.12. The van der Waals surface area contributed by atoms with E-state index in [1.165, 1.54) is 6.92 Å². The van der Waals surface area contributed by atoms with Gasteiger partial charge < -0.3 is 10.5 Å². The molecule has 1 unspecified atom stereocenters. The minimum Gasteiger partial charge on any atom is -0.392 e. The van der Waals surface area contributed by atoms with Gasteiger partial charge >= 0.3 is 0 Å². The normalized spacial score (nSPS) is 13.6. The summed E-state index contributed by atoms with van der Waals surface area (Å²) in [7, 11) is -1.75. The molecule has 7 heteroatoms. The molecule has 0 fully saturated rings. The Morgan fingerprint density at radius 1 is 1.44 bits per heavy atom. The third kappa shape index (κ3) is 6.37. The molecule has 0 aliphatic heterocycles. The van der Waals surface area contributed by atoms with E-state index >= 15 is 0 Å². The highest BCUT2D eigenvalue weighted by Gasteiger charge is 2.22. The zero-order valence-corrected chi connectivity index (χ0v) is 11.4. The molecule has 96 valence electrons. The number of sulfonamides is 1. The number of nitrogens with one attached hydrogen (secondary N) is 1. The van der Waals surface area contributed by atoms with Crippen molar-refractivity contribution in [3.63, 3.8) is 0 Å². The SMILES string of the molecule is COCCCCCNS(=O)(=O)C(C)C(N)=S. The van der Waals surface area contributed by atoms with Crippen molar-refractivity contribution in [1.29, 1.82) is 0 Å².